The van der Waals surface area contributed by atoms with Crippen LogP contribution in [0.1, 0.15) is 0 Å². The van der Waals surface area contributed by atoms with Crippen LogP contribution in [0.15, 0.2) is 0 Å². The summed E-state index contributed by atoms with van der Waals surface area (Å²) in [7, 11) is 0. The Morgan fingerprint density at radius 3 is 0.714 bits per heavy atom. The van der Waals surface area contributed by atoms with E-state index in [2.05, 4.69) is 0 Å². The summed E-state index contributed by atoms with van der Waals surface area (Å²) in [6.07, 6.45) is 0. The van der Waals surface area contributed by atoms with Gasteiger partial charge in [0.1, 0.15) is 0 Å². The summed E-state index contributed by atoms with van der Waals surface area (Å²) < 4.78 is 0. The van der Waals surface area contributed by atoms with Crippen LogP contribution in [0.3, 0.4) is 0 Å². The van der Waals surface area contributed by atoms with E-state index in [1.165, 1.54) is 0 Å². The van der Waals surface area contributed by atoms with Gasteiger partial charge in [-0.05, 0) is 0 Å². The van der Waals surface area contributed by atoms with Gasteiger partial charge in [-0.15, -0.1) is 0 Å². The summed E-state index contributed by atoms with van der Waals surface area (Å²) in [6.45, 7) is 0. The van der Waals surface area contributed by atoms with Crippen molar-refractivity contribution in [3.63, 3.8) is 0 Å². The Labute approximate surface area is 120 Å². The Bertz CT molecular complexity index is 15.7. The first-order valence-corrected chi connectivity index (χ1v) is 0. The summed E-state index contributed by atoms with van der Waals surface area (Å²) in [6, 6.07) is 0. The molecule has 0 aliphatic heterocycles. The molecule has 0 aliphatic rings. The van der Waals surface area contributed by atoms with Gasteiger partial charge >= 0.3 is 60.5 Å². The largest absolute Gasteiger partial charge is 4.00 e. The third kappa shape index (κ3) is 42.2. The first kappa shape index (κ1) is 73.9. The molecule has 0 rings (SSSR count). The molecule has 0 aromatic heterocycles. The van der Waals surface area contributed by atoms with Crippen molar-refractivity contribution in [2.24, 2.45) is 0 Å². The van der Waals surface area contributed by atoms with E-state index in [0.717, 1.165) is 0 Å². The van der Waals surface area contributed by atoms with Crippen LogP contribution in [0.2, 0.25) is 0 Å². The standard InChI is InChI=1S/Cu.2S.2Se.Sn.Zn/q+2;4*-2;+4;+2. The molecule has 0 heterocycles. The molecule has 0 nitrogen and oxygen atoms in total. The zero-order chi connectivity index (χ0) is 0. The Morgan fingerprint density at radius 1 is 0.714 bits per heavy atom. The van der Waals surface area contributed by atoms with Crippen molar-refractivity contribution in [2.45, 2.75) is 0 Å². The van der Waals surface area contributed by atoms with Gasteiger partial charge in [-0.3, -0.25) is 0 Å². The van der Waals surface area contributed by atoms with Crippen LogP contribution in [0.25, 0.3) is 0 Å². The smallest absolute Gasteiger partial charge is 2.00 e. The number of hydrogen-bond donors (Lipinski definition) is 0. The fourth-order valence-electron chi connectivity index (χ4n) is 0. The molecule has 0 bridgehead atoms. The zero-order valence-electron chi connectivity index (χ0n) is 3.14. The Hall–Kier alpha value is 3.68. The first-order chi connectivity index (χ1) is 0. The summed E-state index contributed by atoms with van der Waals surface area (Å²) in [5, 5.41) is 0. The van der Waals surface area contributed by atoms with E-state index in [0.29, 0.717) is 0 Å². The quantitative estimate of drug-likeness (QED) is 0.393. The van der Waals surface area contributed by atoms with E-state index in [-0.39, 0.29) is 122 Å². The van der Waals surface area contributed by atoms with Gasteiger partial charge in [0.2, 0.25) is 0 Å². The van der Waals surface area contributed by atoms with E-state index >= 15 is 0 Å². The maximum atomic E-state index is 0. The molecule has 0 saturated carbocycles. The summed E-state index contributed by atoms with van der Waals surface area (Å²) >= 11 is 0. The zero-order valence-corrected chi connectivity index (χ0v) is 15.0. The van der Waals surface area contributed by atoms with Gasteiger partial charge in [-0.25, -0.2) is 0 Å². The molecule has 0 unspecified atom stereocenters. The average molecular weight is 470 g/mol. The minimum Gasteiger partial charge on any atom is -2.00 e. The van der Waals surface area contributed by atoms with Gasteiger partial charge in [-0.2, -0.15) is 0 Å². The SMILES string of the molecule is [Cu+2].[S-2].[S-2].[Se-2].[Se-2].[Sn+4].[Zn+2]. The summed E-state index contributed by atoms with van der Waals surface area (Å²) in [5.41, 5.74) is 0. The Morgan fingerprint density at radius 2 is 0.714 bits per heavy atom. The Kier molecular flexibility index (Phi) is 568. The van der Waals surface area contributed by atoms with Crippen molar-refractivity contribution < 1.29 is 36.5 Å². The van der Waals surface area contributed by atoms with Crippen LogP contribution >= 0.6 is 0 Å². The van der Waals surface area contributed by atoms with Crippen LogP contribution in [-0.4, -0.2) is 58.0 Å². The second-order valence-corrected chi connectivity index (χ2v) is 0. The summed E-state index contributed by atoms with van der Waals surface area (Å²) in [4.78, 5) is 0. The van der Waals surface area contributed by atoms with Crippen molar-refractivity contribution in [1.82, 2.24) is 0 Å². The maximum Gasteiger partial charge on any atom is 4.00 e. The first-order valence-electron chi connectivity index (χ1n) is 0. The van der Waals surface area contributed by atoms with Crippen LogP contribution in [0.4, 0.5) is 0 Å². The van der Waals surface area contributed by atoms with Gasteiger partial charge in [0, 0.05) is 0 Å². The molecule has 0 aromatic rings. The normalized spacial score (nSPS) is 0. The van der Waals surface area contributed by atoms with Gasteiger partial charge in [0.05, 0.1) is 0 Å². The Balaban J connectivity index is 0. The molecule has 7 heteroatoms. The molecule has 0 aliphatic carbocycles. The molecule has 41 valence electrons. The minimum absolute atomic E-state index is 0. The van der Waals surface area contributed by atoms with Crippen LogP contribution in [-0.2, 0) is 63.5 Å². The molecule has 0 fully saturated rings. The predicted molar refractivity (Wildman–Crippen MR) is 32.0 cm³/mol. The molecular weight excluding hydrogens is 470 g/mol. The predicted octanol–water partition coefficient (Wildman–Crippen LogP) is -1.15. The maximum absolute atomic E-state index is 0. The monoisotopic (exact) mass is 471 g/mol. The van der Waals surface area contributed by atoms with Crippen LogP contribution < -0.4 is 0 Å². The van der Waals surface area contributed by atoms with Crippen molar-refractivity contribution in [2.75, 3.05) is 0 Å². The van der Waals surface area contributed by atoms with Crippen molar-refractivity contribution >= 4 is 85.0 Å². The van der Waals surface area contributed by atoms with Crippen LogP contribution in [0, 0.1) is 0 Å². The molecule has 0 N–H and O–H groups in total. The third-order valence-electron chi connectivity index (χ3n) is 0. The third-order valence-corrected chi connectivity index (χ3v) is 0. The number of rotatable bonds is 0. The van der Waals surface area contributed by atoms with E-state index in [4.69, 9.17) is 0 Å². The molecule has 1 radical (unpaired) electrons. The average Bonchev–Trinajstić information content (AvgIpc) is 0. The van der Waals surface area contributed by atoms with Gasteiger partial charge in [0.15, 0.2) is 0 Å². The topological polar surface area (TPSA) is 0 Å². The molecule has 7 heavy (non-hydrogen) atoms. The fraction of sp³-hybridized carbons (Fsp3) is 0. The molecule has 0 aromatic carbocycles. The van der Waals surface area contributed by atoms with Crippen LogP contribution in [0.5, 0.6) is 0 Å². The number of hydrogen-bond acceptors (Lipinski definition) is 0. The molecule has 0 amide bonds. The van der Waals surface area contributed by atoms with Gasteiger partial charge in [0.25, 0.3) is 0 Å². The van der Waals surface area contributed by atoms with Crippen molar-refractivity contribution in [3.05, 3.63) is 0 Å². The van der Waals surface area contributed by atoms with E-state index in [1.807, 2.05) is 0 Å². The van der Waals surface area contributed by atoms with Crippen molar-refractivity contribution in [1.29, 1.82) is 0 Å². The van der Waals surface area contributed by atoms with E-state index in [9.17, 15) is 0 Å². The molecule has 0 saturated heterocycles. The molecule has 0 atom stereocenters. The van der Waals surface area contributed by atoms with E-state index in [1.54, 1.807) is 0 Å². The summed E-state index contributed by atoms with van der Waals surface area (Å²) in [5.74, 6) is 0. The van der Waals surface area contributed by atoms with E-state index < -0.39 is 0 Å². The van der Waals surface area contributed by atoms with Gasteiger partial charge < -0.3 is 61.1 Å². The second-order valence-electron chi connectivity index (χ2n) is 0. The second kappa shape index (κ2) is 53.8. The fourth-order valence-corrected chi connectivity index (χ4v) is 0. The molecule has 0 spiro atoms. The minimum atomic E-state index is 0. The molecular formula is CuS2Se2SnZn. The van der Waals surface area contributed by atoms with Crippen molar-refractivity contribution in [3.8, 4) is 0 Å². The van der Waals surface area contributed by atoms with Gasteiger partial charge in [-0.1, -0.05) is 0 Å².